The SMILES string of the molecule is Cc1ccccc1OCC(=O)NC[C@@H](C)NC(=O)COc1ccccc1C. The number of para-hydroxylation sites is 2. The largest absolute Gasteiger partial charge is 0.484 e. The third-order valence-corrected chi connectivity index (χ3v) is 3.92. The lowest BCUT2D eigenvalue weighted by molar-refractivity contribution is -0.125. The summed E-state index contributed by atoms with van der Waals surface area (Å²) in [6, 6.07) is 14.8. The van der Waals surface area contributed by atoms with Crippen LogP contribution in [0.4, 0.5) is 0 Å². The Morgan fingerprint density at radius 2 is 1.33 bits per heavy atom. The Morgan fingerprint density at radius 3 is 1.85 bits per heavy atom. The van der Waals surface area contributed by atoms with Crippen LogP contribution in [0.15, 0.2) is 48.5 Å². The minimum Gasteiger partial charge on any atom is -0.484 e. The van der Waals surface area contributed by atoms with E-state index in [0.29, 0.717) is 18.0 Å². The van der Waals surface area contributed by atoms with E-state index in [9.17, 15) is 9.59 Å². The van der Waals surface area contributed by atoms with Crippen LogP contribution in [0, 0.1) is 13.8 Å². The molecule has 0 heterocycles. The smallest absolute Gasteiger partial charge is 0.258 e. The number of benzene rings is 2. The zero-order chi connectivity index (χ0) is 19.6. The summed E-state index contributed by atoms with van der Waals surface area (Å²) < 4.78 is 11.0. The maximum atomic E-state index is 12.0. The first-order chi connectivity index (χ1) is 13.0. The van der Waals surface area contributed by atoms with E-state index in [4.69, 9.17) is 9.47 Å². The molecule has 0 radical (unpaired) electrons. The molecule has 0 unspecified atom stereocenters. The highest BCUT2D eigenvalue weighted by atomic mass is 16.5. The zero-order valence-corrected chi connectivity index (χ0v) is 16.0. The lowest BCUT2D eigenvalue weighted by Gasteiger charge is -2.16. The first kappa shape index (κ1) is 20.3. The maximum Gasteiger partial charge on any atom is 0.258 e. The third-order valence-electron chi connectivity index (χ3n) is 3.92. The summed E-state index contributed by atoms with van der Waals surface area (Å²) in [7, 11) is 0. The van der Waals surface area contributed by atoms with Gasteiger partial charge in [-0.15, -0.1) is 0 Å². The average Bonchev–Trinajstić information content (AvgIpc) is 2.65. The first-order valence-electron chi connectivity index (χ1n) is 8.88. The van der Waals surface area contributed by atoms with E-state index in [2.05, 4.69) is 10.6 Å². The highest BCUT2D eigenvalue weighted by molar-refractivity contribution is 5.79. The lowest BCUT2D eigenvalue weighted by atomic mass is 10.2. The van der Waals surface area contributed by atoms with Gasteiger partial charge in [0.15, 0.2) is 13.2 Å². The molecule has 0 aliphatic heterocycles. The van der Waals surface area contributed by atoms with Gasteiger partial charge in [0.1, 0.15) is 11.5 Å². The van der Waals surface area contributed by atoms with Crippen molar-refractivity contribution in [3.63, 3.8) is 0 Å². The van der Waals surface area contributed by atoms with E-state index in [-0.39, 0.29) is 31.1 Å². The second-order valence-electron chi connectivity index (χ2n) is 6.38. The van der Waals surface area contributed by atoms with Gasteiger partial charge in [0.05, 0.1) is 0 Å². The summed E-state index contributed by atoms with van der Waals surface area (Å²) in [5, 5.41) is 5.53. The molecule has 2 rings (SSSR count). The highest BCUT2D eigenvalue weighted by Crippen LogP contribution is 2.16. The van der Waals surface area contributed by atoms with Crippen molar-refractivity contribution in [3.8, 4) is 11.5 Å². The molecule has 0 saturated heterocycles. The van der Waals surface area contributed by atoms with Gasteiger partial charge in [-0.1, -0.05) is 36.4 Å². The molecule has 27 heavy (non-hydrogen) atoms. The predicted octanol–water partition coefficient (Wildman–Crippen LogP) is 2.38. The molecule has 0 fully saturated rings. The van der Waals surface area contributed by atoms with Crippen LogP contribution in [-0.4, -0.2) is 37.6 Å². The van der Waals surface area contributed by atoms with E-state index in [1.807, 2.05) is 69.3 Å². The standard InChI is InChI=1S/C21H26N2O4/c1-15-8-4-6-10-18(15)26-13-20(24)22-12-17(3)23-21(25)14-27-19-11-7-5-9-16(19)2/h4-11,17H,12-14H2,1-3H3,(H,22,24)(H,23,25)/t17-/m1/s1. The molecule has 2 aromatic carbocycles. The van der Waals surface area contributed by atoms with Crippen molar-refractivity contribution in [2.45, 2.75) is 26.8 Å². The molecule has 6 heteroatoms. The normalized spacial score (nSPS) is 11.4. The molecule has 6 nitrogen and oxygen atoms in total. The molecule has 0 aliphatic carbocycles. The van der Waals surface area contributed by atoms with Crippen LogP contribution in [0.1, 0.15) is 18.1 Å². The van der Waals surface area contributed by atoms with Gasteiger partial charge >= 0.3 is 0 Å². The summed E-state index contributed by atoms with van der Waals surface area (Å²) in [4.78, 5) is 23.9. The molecule has 0 spiro atoms. The van der Waals surface area contributed by atoms with Gasteiger partial charge in [0.25, 0.3) is 11.8 Å². The topological polar surface area (TPSA) is 76.7 Å². The minimum absolute atomic E-state index is 0.0675. The fourth-order valence-electron chi connectivity index (χ4n) is 2.41. The Bertz CT molecular complexity index is 776. The Morgan fingerprint density at radius 1 is 0.852 bits per heavy atom. The number of nitrogens with one attached hydrogen (secondary N) is 2. The number of hydrogen-bond acceptors (Lipinski definition) is 4. The van der Waals surface area contributed by atoms with Gasteiger partial charge < -0.3 is 20.1 Å². The van der Waals surface area contributed by atoms with Gasteiger partial charge in [-0.25, -0.2) is 0 Å². The number of hydrogen-bond donors (Lipinski definition) is 2. The van der Waals surface area contributed by atoms with Gasteiger partial charge in [-0.3, -0.25) is 9.59 Å². The van der Waals surface area contributed by atoms with Crippen LogP contribution >= 0.6 is 0 Å². The minimum atomic E-state index is -0.240. The molecule has 2 N–H and O–H groups in total. The third kappa shape index (κ3) is 7.01. The first-order valence-corrected chi connectivity index (χ1v) is 8.88. The number of aryl methyl sites for hydroxylation is 2. The Kier molecular flexibility index (Phi) is 7.67. The summed E-state index contributed by atoms with van der Waals surface area (Å²) in [5.41, 5.74) is 1.94. The average molecular weight is 370 g/mol. The van der Waals surface area contributed by atoms with Gasteiger partial charge in [-0.05, 0) is 44.0 Å². The van der Waals surface area contributed by atoms with Crippen molar-refractivity contribution < 1.29 is 19.1 Å². The van der Waals surface area contributed by atoms with Gasteiger partial charge in [0.2, 0.25) is 0 Å². The van der Waals surface area contributed by atoms with Crippen molar-refractivity contribution >= 4 is 11.8 Å². The summed E-state index contributed by atoms with van der Waals surface area (Å²) in [6.45, 7) is 5.83. The molecule has 0 aromatic heterocycles. The number of rotatable bonds is 9. The molecule has 2 amide bonds. The second-order valence-corrected chi connectivity index (χ2v) is 6.38. The van der Waals surface area contributed by atoms with Crippen LogP contribution < -0.4 is 20.1 Å². The lowest BCUT2D eigenvalue weighted by Crippen LogP contribution is -2.44. The molecule has 0 saturated carbocycles. The van der Waals surface area contributed by atoms with Crippen LogP contribution in [0.5, 0.6) is 11.5 Å². The van der Waals surface area contributed by atoms with Crippen LogP contribution in [0.25, 0.3) is 0 Å². The van der Waals surface area contributed by atoms with Crippen LogP contribution in [-0.2, 0) is 9.59 Å². The number of carbonyl (C=O) groups is 2. The van der Waals surface area contributed by atoms with Crippen molar-refractivity contribution in [1.29, 1.82) is 0 Å². The van der Waals surface area contributed by atoms with E-state index in [1.54, 1.807) is 0 Å². The predicted molar refractivity (Wildman–Crippen MR) is 104 cm³/mol. The highest BCUT2D eigenvalue weighted by Gasteiger charge is 2.11. The van der Waals surface area contributed by atoms with E-state index >= 15 is 0 Å². The maximum absolute atomic E-state index is 12.0. The van der Waals surface area contributed by atoms with Gasteiger partial charge in [-0.2, -0.15) is 0 Å². The summed E-state index contributed by atoms with van der Waals surface area (Å²) in [5.74, 6) is 0.885. The molecule has 1 atom stereocenters. The quantitative estimate of drug-likeness (QED) is 0.711. The summed E-state index contributed by atoms with van der Waals surface area (Å²) >= 11 is 0. The van der Waals surface area contributed by atoms with E-state index < -0.39 is 0 Å². The van der Waals surface area contributed by atoms with Crippen LogP contribution in [0.2, 0.25) is 0 Å². The van der Waals surface area contributed by atoms with Gasteiger partial charge in [0, 0.05) is 12.6 Å². The second kappa shape index (κ2) is 10.2. The molecular weight excluding hydrogens is 344 g/mol. The Balaban J connectivity index is 1.65. The summed E-state index contributed by atoms with van der Waals surface area (Å²) in [6.07, 6.45) is 0. The Labute approximate surface area is 159 Å². The van der Waals surface area contributed by atoms with E-state index in [0.717, 1.165) is 11.1 Å². The Hall–Kier alpha value is -3.02. The van der Waals surface area contributed by atoms with E-state index in [1.165, 1.54) is 0 Å². The zero-order valence-electron chi connectivity index (χ0n) is 16.0. The monoisotopic (exact) mass is 370 g/mol. The van der Waals surface area contributed by atoms with Crippen molar-refractivity contribution in [1.82, 2.24) is 10.6 Å². The molecule has 0 aliphatic rings. The van der Waals surface area contributed by atoms with Crippen molar-refractivity contribution in [3.05, 3.63) is 59.7 Å². The van der Waals surface area contributed by atoms with Crippen LogP contribution in [0.3, 0.4) is 0 Å². The fraction of sp³-hybridized carbons (Fsp3) is 0.333. The van der Waals surface area contributed by atoms with Crippen molar-refractivity contribution in [2.24, 2.45) is 0 Å². The number of carbonyl (C=O) groups excluding carboxylic acids is 2. The number of amides is 2. The van der Waals surface area contributed by atoms with Crippen molar-refractivity contribution in [2.75, 3.05) is 19.8 Å². The molecule has 2 aromatic rings. The number of ether oxygens (including phenoxy) is 2. The molecular formula is C21H26N2O4. The molecule has 0 bridgehead atoms. The fourth-order valence-corrected chi connectivity index (χ4v) is 2.41. The molecule has 144 valence electrons.